The molecular weight excluding hydrogens is 255 g/mol. The van der Waals surface area contributed by atoms with Crippen molar-refractivity contribution in [1.82, 2.24) is 0 Å². The fraction of sp³-hybridized carbons (Fsp3) is 0.222. The third-order valence-electron chi connectivity index (χ3n) is 1.70. The quantitative estimate of drug-likeness (QED) is 0.603. The number of carboxylic acid groups (broad SMARTS) is 1. The minimum atomic E-state index is -1.67. The maximum atomic E-state index is 13.1. The van der Waals surface area contributed by atoms with Crippen molar-refractivity contribution < 1.29 is 19.0 Å². The van der Waals surface area contributed by atoms with Crippen molar-refractivity contribution in [3.63, 3.8) is 0 Å². The molecule has 1 aromatic rings. The maximum Gasteiger partial charge on any atom is 0.257 e. The lowest BCUT2D eigenvalue weighted by Gasteiger charge is -2.13. The van der Waals surface area contributed by atoms with Crippen molar-refractivity contribution in [2.24, 2.45) is 0 Å². The van der Waals surface area contributed by atoms with Gasteiger partial charge in [0.25, 0.3) is 6.16 Å². The van der Waals surface area contributed by atoms with Gasteiger partial charge in [-0.25, -0.2) is 4.39 Å². The summed E-state index contributed by atoms with van der Waals surface area (Å²) in [6, 6.07) is 2.39. The maximum absolute atomic E-state index is 13.1. The summed E-state index contributed by atoms with van der Waals surface area (Å²) in [5.41, 5.74) is 0.378. The van der Waals surface area contributed by atoms with Gasteiger partial charge in [0, 0.05) is 10.0 Å². The lowest BCUT2D eigenvalue weighted by Crippen LogP contribution is -2.26. The van der Waals surface area contributed by atoms with E-state index in [1.807, 2.05) is 0 Å². The zero-order chi connectivity index (χ0) is 10.7. The second-order valence-corrected chi connectivity index (χ2v) is 3.34. The molecule has 1 aromatic carbocycles. The number of rotatable bonds is 2. The summed E-state index contributed by atoms with van der Waals surface area (Å²) in [6.07, 6.45) is -1.23. The summed E-state index contributed by atoms with van der Waals surface area (Å²) in [4.78, 5) is 10.2. The number of carbonyl (C=O) groups is 1. The van der Waals surface area contributed by atoms with E-state index in [0.717, 1.165) is 6.07 Å². The molecule has 14 heavy (non-hydrogen) atoms. The largest absolute Gasteiger partial charge is 0.513 e. The first-order chi connectivity index (χ1) is 6.56. The molecule has 0 amide bonds. The van der Waals surface area contributed by atoms with Crippen LogP contribution in [0.2, 0.25) is 0 Å². The lowest BCUT2D eigenvalue weighted by atomic mass is 10.1. The van der Waals surface area contributed by atoms with Gasteiger partial charge in [0.05, 0.1) is 5.75 Å². The molecule has 0 bridgehead atoms. The van der Waals surface area contributed by atoms with Crippen molar-refractivity contribution in [1.29, 1.82) is 0 Å². The number of benzene rings is 1. The van der Waals surface area contributed by atoms with E-state index in [-0.39, 0.29) is 5.75 Å². The molecule has 0 fully saturated rings. The predicted octanol–water partition coefficient (Wildman–Crippen LogP) is 1.87. The van der Waals surface area contributed by atoms with Crippen LogP contribution >= 0.6 is 15.9 Å². The van der Waals surface area contributed by atoms with E-state index in [1.54, 1.807) is 6.92 Å². The Morgan fingerprint density at radius 3 is 2.79 bits per heavy atom. The first-order valence-corrected chi connectivity index (χ1v) is 4.71. The monoisotopic (exact) mass is 261 g/mol. The van der Waals surface area contributed by atoms with Gasteiger partial charge < -0.3 is 14.6 Å². The molecule has 0 N–H and O–H groups in total. The molecule has 0 radical (unpaired) electrons. The molecule has 0 unspecified atom stereocenters. The van der Waals surface area contributed by atoms with Crippen LogP contribution in [0.5, 0.6) is 5.75 Å². The van der Waals surface area contributed by atoms with E-state index in [4.69, 9.17) is 0 Å². The molecule has 0 aromatic heterocycles. The Morgan fingerprint density at radius 1 is 1.64 bits per heavy atom. The van der Waals surface area contributed by atoms with E-state index < -0.39 is 12.0 Å². The van der Waals surface area contributed by atoms with Crippen LogP contribution in [0.15, 0.2) is 16.6 Å². The Kier molecular flexibility index (Phi) is 3.46. The Morgan fingerprint density at radius 2 is 2.29 bits per heavy atom. The van der Waals surface area contributed by atoms with E-state index in [9.17, 15) is 14.3 Å². The Bertz CT molecular complexity index is 365. The summed E-state index contributed by atoms with van der Waals surface area (Å²) in [5, 5.41) is 10.2. The third kappa shape index (κ3) is 2.23. The van der Waals surface area contributed by atoms with Gasteiger partial charge in [-0.15, -0.1) is 0 Å². The summed E-state index contributed by atoms with van der Waals surface area (Å²) in [5.74, 6) is -0.353. The fourth-order valence-electron chi connectivity index (χ4n) is 1.07. The van der Waals surface area contributed by atoms with Crippen LogP contribution in [0.25, 0.3) is 0 Å². The fourth-order valence-corrected chi connectivity index (χ4v) is 1.75. The summed E-state index contributed by atoms with van der Waals surface area (Å²) >= 11 is 3.06. The Labute approximate surface area is 88.6 Å². The molecular formula is C9H7BrFO3-. The van der Waals surface area contributed by atoms with Gasteiger partial charge in [-0.3, -0.25) is 0 Å². The molecule has 0 aliphatic rings. The summed E-state index contributed by atoms with van der Waals surface area (Å²) in [6.45, 7) is 1.76. The number of ether oxygens (including phenoxy) is 1. The van der Waals surface area contributed by atoms with Crippen LogP contribution in [0.3, 0.4) is 0 Å². The van der Waals surface area contributed by atoms with Gasteiger partial charge in [0.15, 0.2) is 0 Å². The van der Waals surface area contributed by atoms with Gasteiger partial charge in [-0.2, -0.15) is 0 Å². The molecule has 0 aliphatic heterocycles. The van der Waals surface area contributed by atoms with Crippen LogP contribution in [0.4, 0.5) is 9.18 Å². The molecule has 0 atom stereocenters. The van der Waals surface area contributed by atoms with Gasteiger partial charge in [0.2, 0.25) is 0 Å². The van der Waals surface area contributed by atoms with Gasteiger partial charge in [0.1, 0.15) is 5.82 Å². The zero-order valence-electron chi connectivity index (χ0n) is 7.34. The topological polar surface area (TPSA) is 49.4 Å². The van der Waals surface area contributed by atoms with Crippen molar-refractivity contribution in [2.75, 3.05) is 0 Å². The first kappa shape index (κ1) is 11.0. The van der Waals surface area contributed by atoms with Crippen LogP contribution in [-0.4, -0.2) is 6.16 Å². The van der Waals surface area contributed by atoms with Gasteiger partial charge in [-0.05, 0) is 34.5 Å². The van der Waals surface area contributed by atoms with Crippen LogP contribution in [-0.2, 0) is 6.42 Å². The van der Waals surface area contributed by atoms with Crippen LogP contribution in [0, 0.1) is 5.82 Å². The minimum Gasteiger partial charge on any atom is -0.513 e. The van der Waals surface area contributed by atoms with Crippen LogP contribution in [0.1, 0.15) is 12.5 Å². The average molecular weight is 262 g/mol. The average Bonchev–Trinajstić information content (AvgIpc) is 2.10. The van der Waals surface area contributed by atoms with Crippen molar-refractivity contribution in [2.45, 2.75) is 13.3 Å². The van der Waals surface area contributed by atoms with E-state index >= 15 is 0 Å². The van der Waals surface area contributed by atoms with Crippen molar-refractivity contribution in [3.05, 3.63) is 28.0 Å². The normalized spacial score (nSPS) is 9.93. The smallest absolute Gasteiger partial charge is 0.257 e. The summed E-state index contributed by atoms with van der Waals surface area (Å²) in [7, 11) is 0. The molecule has 0 saturated carbocycles. The molecule has 76 valence electrons. The third-order valence-corrected chi connectivity index (χ3v) is 2.57. The second kappa shape index (κ2) is 4.41. The van der Waals surface area contributed by atoms with Gasteiger partial charge in [-0.1, -0.05) is 6.92 Å². The minimum absolute atomic E-state index is 0.0447. The highest BCUT2D eigenvalue weighted by atomic mass is 79.9. The number of hydrogen-bond acceptors (Lipinski definition) is 3. The van der Waals surface area contributed by atoms with Crippen LogP contribution < -0.4 is 9.84 Å². The highest BCUT2D eigenvalue weighted by Gasteiger charge is 2.08. The standard InChI is InChI=1S/C9H8BrFO3/c1-2-5-6(11)3-4-7(8(5)10)14-9(12)13/h3-4H,2H2,1H3,(H,12,13)/p-1. The molecule has 0 saturated heterocycles. The molecule has 1 rings (SSSR count). The number of halogens is 2. The highest BCUT2D eigenvalue weighted by molar-refractivity contribution is 9.10. The number of hydrogen-bond donors (Lipinski definition) is 0. The number of carbonyl (C=O) groups excluding carboxylic acids is 1. The molecule has 0 heterocycles. The van der Waals surface area contributed by atoms with Gasteiger partial charge >= 0.3 is 0 Å². The molecule has 0 aliphatic carbocycles. The lowest BCUT2D eigenvalue weighted by molar-refractivity contribution is -0.271. The van der Waals surface area contributed by atoms with E-state index in [1.165, 1.54) is 6.07 Å². The molecule has 3 nitrogen and oxygen atoms in total. The van der Waals surface area contributed by atoms with E-state index in [0.29, 0.717) is 16.5 Å². The van der Waals surface area contributed by atoms with E-state index in [2.05, 4.69) is 20.7 Å². The Balaban J connectivity index is 3.14. The zero-order valence-corrected chi connectivity index (χ0v) is 8.93. The Hall–Kier alpha value is -1.10. The summed E-state index contributed by atoms with van der Waals surface area (Å²) < 4.78 is 17.8. The van der Waals surface area contributed by atoms with Crippen molar-refractivity contribution in [3.8, 4) is 5.75 Å². The predicted molar refractivity (Wildman–Crippen MR) is 49.5 cm³/mol. The molecule has 5 heteroatoms. The first-order valence-electron chi connectivity index (χ1n) is 3.92. The van der Waals surface area contributed by atoms with Crippen molar-refractivity contribution >= 4 is 22.1 Å². The highest BCUT2D eigenvalue weighted by Crippen LogP contribution is 2.30. The molecule has 0 spiro atoms. The SMILES string of the molecule is CCc1c(F)ccc(OC(=O)[O-])c1Br. The second-order valence-electron chi connectivity index (χ2n) is 2.54.